The first kappa shape index (κ1) is 23.3. The van der Waals surface area contributed by atoms with Crippen LogP contribution in [0.15, 0.2) is 72.8 Å². The molecule has 0 bridgehead atoms. The van der Waals surface area contributed by atoms with Crippen molar-refractivity contribution in [2.45, 2.75) is 19.3 Å². The van der Waals surface area contributed by atoms with E-state index >= 15 is 0 Å². The van der Waals surface area contributed by atoms with Crippen molar-refractivity contribution in [3.8, 4) is 11.3 Å². The topological polar surface area (TPSA) is 106 Å². The SMILES string of the molecule is O=C(OCC(=O)c1c(-c2ccccc2)[nH]c2ccccc12)c1ccc(N2CCCCC2)c([N+](=O)[O-])c1. The lowest BCUT2D eigenvalue weighted by Crippen LogP contribution is -2.30. The molecular formula is C28H25N3O5. The Labute approximate surface area is 207 Å². The number of aromatic nitrogens is 1. The van der Waals surface area contributed by atoms with Gasteiger partial charge in [-0.3, -0.25) is 14.9 Å². The van der Waals surface area contributed by atoms with Gasteiger partial charge in [-0.05, 0) is 43.0 Å². The Bertz CT molecular complexity index is 1440. The average molecular weight is 484 g/mol. The lowest BCUT2D eigenvalue weighted by atomic mass is 10.0. The molecule has 0 unspecified atom stereocenters. The maximum absolute atomic E-state index is 13.3. The minimum atomic E-state index is -0.780. The van der Waals surface area contributed by atoms with Crippen LogP contribution in [0.5, 0.6) is 0 Å². The largest absolute Gasteiger partial charge is 0.454 e. The van der Waals surface area contributed by atoms with Crippen molar-refractivity contribution in [1.82, 2.24) is 4.98 Å². The molecule has 4 aromatic rings. The zero-order valence-electron chi connectivity index (χ0n) is 19.6. The molecule has 8 nitrogen and oxygen atoms in total. The number of anilines is 1. The first-order valence-electron chi connectivity index (χ1n) is 11.9. The number of esters is 1. The molecule has 8 heteroatoms. The van der Waals surface area contributed by atoms with Crippen LogP contribution < -0.4 is 4.90 Å². The molecule has 1 aliphatic rings. The first-order valence-corrected chi connectivity index (χ1v) is 11.9. The number of benzene rings is 3. The second-order valence-electron chi connectivity index (χ2n) is 8.79. The molecule has 1 saturated heterocycles. The summed E-state index contributed by atoms with van der Waals surface area (Å²) in [7, 11) is 0. The molecule has 3 aromatic carbocycles. The number of para-hydroxylation sites is 1. The minimum Gasteiger partial charge on any atom is -0.454 e. The van der Waals surface area contributed by atoms with E-state index in [2.05, 4.69) is 4.98 Å². The Morgan fingerprint density at radius 2 is 1.67 bits per heavy atom. The zero-order valence-corrected chi connectivity index (χ0v) is 19.6. The molecule has 36 heavy (non-hydrogen) atoms. The van der Waals surface area contributed by atoms with E-state index in [1.807, 2.05) is 59.5 Å². The van der Waals surface area contributed by atoms with Crippen LogP contribution in [0, 0.1) is 10.1 Å². The normalized spacial score (nSPS) is 13.5. The van der Waals surface area contributed by atoms with E-state index in [4.69, 9.17) is 4.74 Å². The van der Waals surface area contributed by atoms with Crippen LogP contribution in [0.1, 0.15) is 40.0 Å². The molecule has 5 rings (SSSR count). The number of hydrogen-bond donors (Lipinski definition) is 1. The summed E-state index contributed by atoms with van der Waals surface area (Å²) in [6.45, 7) is 1.00. The van der Waals surface area contributed by atoms with Crippen LogP contribution in [0.25, 0.3) is 22.2 Å². The Morgan fingerprint density at radius 3 is 2.42 bits per heavy atom. The number of nitrogens with zero attached hydrogens (tertiary/aromatic N) is 2. The average Bonchev–Trinajstić information content (AvgIpc) is 3.32. The fourth-order valence-electron chi connectivity index (χ4n) is 4.74. The number of ether oxygens (including phenoxy) is 1. The molecule has 0 amide bonds. The number of nitro benzene ring substituents is 1. The molecule has 1 fully saturated rings. The van der Waals surface area contributed by atoms with Gasteiger partial charge in [0.25, 0.3) is 5.69 Å². The van der Waals surface area contributed by atoms with Crippen molar-refractivity contribution >= 4 is 34.0 Å². The number of carbonyl (C=O) groups excluding carboxylic acids is 2. The summed E-state index contributed by atoms with van der Waals surface area (Å²) in [5.74, 6) is -1.14. The number of carbonyl (C=O) groups is 2. The second-order valence-corrected chi connectivity index (χ2v) is 8.79. The molecule has 0 radical (unpaired) electrons. The van der Waals surface area contributed by atoms with Crippen molar-refractivity contribution < 1.29 is 19.2 Å². The molecule has 1 aliphatic heterocycles. The molecule has 182 valence electrons. The number of nitro groups is 1. The van der Waals surface area contributed by atoms with Gasteiger partial charge in [-0.25, -0.2) is 4.79 Å². The van der Waals surface area contributed by atoms with Crippen LogP contribution in [0.3, 0.4) is 0 Å². The molecule has 0 spiro atoms. The maximum Gasteiger partial charge on any atom is 0.338 e. The highest BCUT2D eigenvalue weighted by atomic mass is 16.6. The van der Waals surface area contributed by atoms with Gasteiger partial charge >= 0.3 is 5.97 Å². The van der Waals surface area contributed by atoms with Crippen LogP contribution in [-0.4, -0.2) is 41.4 Å². The van der Waals surface area contributed by atoms with Gasteiger partial charge in [-0.2, -0.15) is 0 Å². The monoisotopic (exact) mass is 483 g/mol. The van der Waals surface area contributed by atoms with Crippen LogP contribution in [-0.2, 0) is 4.74 Å². The van der Waals surface area contributed by atoms with Gasteiger partial charge in [-0.1, -0.05) is 48.5 Å². The number of ketones is 1. The smallest absolute Gasteiger partial charge is 0.338 e. The molecular weight excluding hydrogens is 458 g/mol. The Kier molecular flexibility index (Phi) is 6.49. The predicted octanol–water partition coefficient (Wildman–Crippen LogP) is 5.77. The lowest BCUT2D eigenvalue weighted by Gasteiger charge is -2.28. The third-order valence-electron chi connectivity index (χ3n) is 6.49. The third-order valence-corrected chi connectivity index (χ3v) is 6.49. The predicted molar refractivity (Wildman–Crippen MR) is 138 cm³/mol. The number of piperidine rings is 1. The van der Waals surface area contributed by atoms with Gasteiger partial charge in [-0.15, -0.1) is 0 Å². The van der Waals surface area contributed by atoms with Crippen molar-refractivity contribution in [2.75, 3.05) is 24.6 Å². The van der Waals surface area contributed by atoms with Crippen molar-refractivity contribution in [3.63, 3.8) is 0 Å². The summed E-state index contributed by atoms with van der Waals surface area (Å²) < 4.78 is 5.33. The summed E-state index contributed by atoms with van der Waals surface area (Å²) in [6, 6.07) is 21.3. The number of nitrogens with one attached hydrogen (secondary N) is 1. The Hall–Kier alpha value is -4.46. The van der Waals surface area contributed by atoms with E-state index in [0.717, 1.165) is 48.8 Å². The van der Waals surface area contributed by atoms with E-state index < -0.39 is 17.5 Å². The van der Waals surface area contributed by atoms with Gasteiger partial charge in [0.15, 0.2) is 6.61 Å². The Balaban J connectivity index is 1.38. The van der Waals surface area contributed by atoms with Gasteiger partial charge in [0.05, 0.1) is 21.7 Å². The van der Waals surface area contributed by atoms with Crippen molar-refractivity contribution in [1.29, 1.82) is 0 Å². The number of aromatic amines is 1. The van der Waals surface area contributed by atoms with E-state index in [9.17, 15) is 19.7 Å². The lowest BCUT2D eigenvalue weighted by molar-refractivity contribution is -0.384. The fourth-order valence-corrected chi connectivity index (χ4v) is 4.74. The summed E-state index contributed by atoms with van der Waals surface area (Å²) in [5.41, 5.74) is 3.13. The number of fused-ring (bicyclic) bond motifs is 1. The van der Waals surface area contributed by atoms with Gasteiger partial charge in [0.1, 0.15) is 5.69 Å². The molecule has 1 N–H and O–H groups in total. The highest BCUT2D eigenvalue weighted by Gasteiger charge is 2.25. The van der Waals surface area contributed by atoms with Gasteiger partial charge in [0, 0.05) is 30.1 Å². The van der Waals surface area contributed by atoms with E-state index in [-0.39, 0.29) is 17.0 Å². The standard InChI is InChI=1S/C28H25N3O5/c32-25(26-21-11-5-6-12-22(21)29-27(26)19-9-3-1-4-10-19)18-36-28(33)20-13-14-23(24(17-20)31(34)35)30-15-7-2-8-16-30/h1,3-6,9-14,17,29H,2,7-8,15-16,18H2. The summed E-state index contributed by atoms with van der Waals surface area (Å²) >= 11 is 0. The number of rotatable bonds is 7. The molecule has 2 heterocycles. The first-order chi connectivity index (χ1) is 17.5. The number of H-pyrrole nitrogens is 1. The Morgan fingerprint density at radius 1 is 0.944 bits per heavy atom. The molecule has 1 aromatic heterocycles. The summed E-state index contributed by atoms with van der Waals surface area (Å²) in [5, 5.41) is 12.5. The highest BCUT2D eigenvalue weighted by molar-refractivity contribution is 6.14. The number of hydrogen-bond acceptors (Lipinski definition) is 6. The van der Waals surface area contributed by atoms with Crippen molar-refractivity contribution in [2.24, 2.45) is 0 Å². The summed E-state index contributed by atoms with van der Waals surface area (Å²) in [4.78, 5) is 42.6. The van der Waals surface area contributed by atoms with Gasteiger partial charge in [0.2, 0.25) is 5.78 Å². The maximum atomic E-state index is 13.3. The van der Waals surface area contributed by atoms with Crippen LogP contribution in [0.2, 0.25) is 0 Å². The van der Waals surface area contributed by atoms with Crippen LogP contribution >= 0.6 is 0 Å². The second kappa shape index (κ2) is 10.0. The minimum absolute atomic E-state index is 0.0393. The molecule has 0 saturated carbocycles. The van der Waals surface area contributed by atoms with E-state index in [1.165, 1.54) is 12.1 Å². The van der Waals surface area contributed by atoms with E-state index in [0.29, 0.717) is 16.9 Å². The van der Waals surface area contributed by atoms with Crippen LogP contribution in [0.4, 0.5) is 11.4 Å². The highest BCUT2D eigenvalue weighted by Crippen LogP contribution is 2.33. The zero-order chi connectivity index (χ0) is 25.1. The van der Waals surface area contributed by atoms with Crippen molar-refractivity contribution in [3.05, 3.63) is 94.0 Å². The summed E-state index contributed by atoms with van der Waals surface area (Å²) in [6.07, 6.45) is 3.05. The number of Topliss-reactive ketones (excluding diaryl/α,β-unsaturated/α-hetero) is 1. The van der Waals surface area contributed by atoms with E-state index in [1.54, 1.807) is 6.07 Å². The van der Waals surface area contributed by atoms with Gasteiger partial charge < -0.3 is 14.6 Å². The third kappa shape index (κ3) is 4.57. The quantitative estimate of drug-likeness (QED) is 0.155. The molecule has 0 aliphatic carbocycles. The fraction of sp³-hybridized carbons (Fsp3) is 0.214. The molecule has 0 atom stereocenters.